The molecule has 0 bridgehead atoms. The van der Waals surface area contributed by atoms with E-state index in [9.17, 15) is 0 Å². The third-order valence-electron chi connectivity index (χ3n) is 5.27. The van der Waals surface area contributed by atoms with Gasteiger partial charge in [-0.2, -0.15) is 0 Å². The monoisotopic (exact) mass is 416 g/mol. The van der Waals surface area contributed by atoms with E-state index in [0.717, 1.165) is 0 Å². The van der Waals surface area contributed by atoms with E-state index >= 15 is 0 Å². The molecule has 2 atom stereocenters. The maximum absolute atomic E-state index is 2.55. The zero-order valence-electron chi connectivity index (χ0n) is 14.9. The summed E-state index contributed by atoms with van der Waals surface area (Å²) in [5, 5.41) is 0. The summed E-state index contributed by atoms with van der Waals surface area (Å²) in [6.45, 7) is 16.6. The van der Waals surface area contributed by atoms with Crippen molar-refractivity contribution in [2.24, 2.45) is 0 Å². The molecule has 2 aliphatic rings. The molecule has 0 amide bonds. The van der Waals surface area contributed by atoms with Crippen LogP contribution in [0.2, 0.25) is 6.25 Å². The molecule has 0 aromatic carbocycles. The average Bonchev–Trinajstić information content (AvgIpc) is 2.75. The fourth-order valence-electron chi connectivity index (χ4n) is 3.78. The minimum absolute atomic E-state index is 0. The van der Waals surface area contributed by atoms with Crippen LogP contribution >= 0.6 is 0 Å². The van der Waals surface area contributed by atoms with Gasteiger partial charge in [0.25, 0.3) is 0 Å². The van der Waals surface area contributed by atoms with Gasteiger partial charge in [-0.25, -0.2) is 0 Å². The predicted octanol–water partition coefficient (Wildman–Crippen LogP) is 0.417. The zero-order chi connectivity index (χ0) is 15.1. The summed E-state index contributed by atoms with van der Waals surface area (Å²) in [6.07, 6.45) is 9.85. The maximum Gasteiger partial charge on any atom is -1.00 e. The summed E-state index contributed by atoms with van der Waals surface area (Å²) in [5.41, 5.74) is 8.04. The van der Waals surface area contributed by atoms with Gasteiger partial charge in [0, 0.05) is 0 Å². The van der Waals surface area contributed by atoms with Crippen LogP contribution in [0.5, 0.6) is 0 Å². The standard InChI is InChI=1S/C11H17.C8H11.2ClH.Zr/c1-5-10-7-11(6-2)9(4)8(10)3;1-6-4-7(2)8(3)5-6;;;/h7H,5-6H2,1-4H3;4-5H,1-3H3;2*1H;/q;;;;+2/p-2. The van der Waals surface area contributed by atoms with Crippen molar-refractivity contribution in [3.63, 3.8) is 0 Å². The first-order chi connectivity index (χ1) is 9.26. The van der Waals surface area contributed by atoms with Gasteiger partial charge in [-0.1, -0.05) is 0 Å². The van der Waals surface area contributed by atoms with E-state index in [2.05, 4.69) is 66.7 Å². The van der Waals surface area contributed by atoms with Crippen LogP contribution in [0.3, 0.4) is 0 Å². The molecule has 2 rings (SSSR count). The zero-order valence-corrected chi connectivity index (χ0v) is 18.9. The number of allylic oxidation sites excluding steroid dienone is 8. The number of hydrogen-bond acceptors (Lipinski definition) is 0. The minimum atomic E-state index is -0.668. The van der Waals surface area contributed by atoms with E-state index in [4.69, 9.17) is 0 Å². The fourth-order valence-corrected chi connectivity index (χ4v) is 9.59. The van der Waals surface area contributed by atoms with Crippen molar-refractivity contribution in [2.75, 3.05) is 0 Å². The van der Waals surface area contributed by atoms with Crippen LogP contribution in [0, 0.1) is 0 Å². The molecule has 2 aliphatic carbocycles. The molecule has 0 spiro atoms. The van der Waals surface area contributed by atoms with E-state index in [1.165, 1.54) is 18.4 Å². The summed E-state index contributed by atoms with van der Waals surface area (Å²) >= 11 is -0.668. The largest absolute Gasteiger partial charge is 1.00 e. The summed E-state index contributed by atoms with van der Waals surface area (Å²) in [4.78, 5) is 0. The van der Waals surface area contributed by atoms with Gasteiger partial charge in [-0.15, -0.1) is 0 Å². The van der Waals surface area contributed by atoms with Crippen molar-refractivity contribution in [3.05, 3.63) is 46.1 Å². The topological polar surface area (TPSA) is 0 Å². The Kier molecular flexibility index (Phi) is 8.15. The first-order valence-corrected chi connectivity index (χ1v) is 10.3. The van der Waals surface area contributed by atoms with Crippen molar-refractivity contribution in [2.45, 2.75) is 67.6 Å². The molecular formula is C19H28Cl2Zr. The van der Waals surface area contributed by atoms with Gasteiger partial charge >= 0.3 is 137 Å². The van der Waals surface area contributed by atoms with E-state index in [1.54, 1.807) is 22.3 Å². The molecule has 0 saturated carbocycles. The average molecular weight is 419 g/mol. The number of rotatable bonds is 4. The smallest absolute Gasteiger partial charge is 1.00 e. The van der Waals surface area contributed by atoms with E-state index in [1.807, 2.05) is 0 Å². The Morgan fingerprint density at radius 2 is 1.55 bits per heavy atom. The van der Waals surface area contributed by atoms with Gasteiger partial charge in [0.05, 0.1) is 0 Å². The van der Waals surface area contributed by atoms with Crippen LogP contribution in [0.4, 0.5) is 0 Å². The van der Waals surface area contributed by atoms with Gasteiger partial charge in [-0.3, -0.25) is 0 Å². The Bertz CT molecular complexity index is 554. The molecule has 0 fully saturated rings. The Balaban J connectivity index is 0.00000220. The van der Waals surface area contributed by atoms with E-state index < -0.39 is 23.2 Å². The SMILES string of the molecule is CCC1=CC(CC)=C(C)[C]1(C)[Zr+2][C]1(C)C=C(C)C=C1C.[Cl-].[Cl-]. The quantitative estimate of drug-likeness (QED) is 0.621. The second-order valence-corrected chi connectivity index (χ2v) is 12.3. The van der Waals surface area contributed by atoms with Gasteiger partial charge in [0.1, 0.15) is 0 Å². The van der Waals surface area contributed by atoms with Gasteiger partial charge < -0.3 is 24.8 Å². The van der Waals surface area contributed by atoms with Crippen LogP contribution in [0.15, 0.2) is 46.1 Å². The molecule has 0 radical (unpaired) electrons. The second kappa shape index (κ2) is 8.00. The second-order valence-electron chi connectivity index (χ2n) is 6.69. The van der Waals surface area contributed by atoms with Gasteiger partial charge in [0.2, 0.25) is 0 Å². The Hall–Kier alpha value is 0.423. The molecule has 0 aliphatic heterocycles. The Morgan fingerprint density at radius 1 is 0.955 bits per heavy atom. The summed E-state index contributed by atoms with van der Waals surface area (Å²) in [5.74, 6) is 0. The summed E-state index contributed by atoms with van der Waals surface area (Å²) in [6, 6.07) is 0. The third kappa shape index (κ3) is 3.73. The van der Waals surface area contributed by atoms with Crippen molar-refractivity contribution < 1.29 is 48.0 Å². The van der Waals surface area contributed by atoms with Crippen LogP contribution < -0.4 is 24.8 Å². The van der Waals surface area contributed by atoms with Crippen LogP contribution in [-0.2, 0) is 23.2 Å². The molecule has 3 heteroatoms. The molecule has 0 N–H and O–H groups in total. The van der Waals surface area contributed by atoms with E-state index in [-0.39, 0.29) is 24.8 Å². The molecule has 0 heterocycles. The van der Waals surface area contributed by atoms with Gasteiger partial charge in [0.15, 0.2) is 0 Å². The van der Waals surface area contributed by atoms with E-state index in [0.29, 0.717) is 6.25 Å². The molecule has 22 heavy (non-hydrogen) atoms. The predicted molar refractivity (Wildman–Crippen MR) is 85.6 cm³/mol. The number of hydrogen-bond donors (Lipinski definition) is 0. The van der Waals surface area contributed by atoms with Crippen molar-refractivity contribution in [1.29, 1.82) is 0 Å². The fraction of sp³-hybridized carbons (Fsp3) is 0.579. The molecule has 122 valence electrons. The third-order valence-corrected chi connectivity index (χ3v) is 10.8. The summed E-state index contributed by atoms with van der Waals surface area (Å²) < 4.78 is 0.801. The maximum atomic E-state index is 2.55. The van der Waals surface area contributed by atoms with Gasteiger partial charge in [-0.05, 0) is 0 Å². The van der Waals surface area contributed by atoms with Crippen molar-refractivity contribution in [1.82, 2.24) is 0 Å². The number of halogens is 2. The normalized spacial score (nSPS) is 30.0. The minimum Gasteiger partial charge on any atom is -1.00 e. The molecule has 2 unspecified atom stereocenters. The van der Waals surface area contributed by atoms with Crippen LogP contribution in [-0.4, -0.2) is 0 Å². The van der Waals surface area contributed by atoms with Crippen LogP contribution in [0.1, 0.15) is 61.3 Å². The van der Waals surface area contributed by atoms with Crippen molar-refractivity contribution in [3.8, 4) is 0 Å². The molecule has 0 saturated heterocycles. The first kappa shape index (κ1) is 22.4. The first-order valence-electron chi connectivity index (χ1n) is 7.85. The van der Waals surface area contributed by atoms with Crippen LogP contribution in [0.25, 0.3) is 0 Å². The Labute approximate surface area is 161 Å². The molecule has 0 nitrogen and oxygen atoms in total. The van der Waals surface area contributed by atoms with Crippen molar-refractivity contribution >= 4 is 0 Å². The molecular weight excluding hydrogens is 390 g/mol. The molecule has 0 aromatic heterocycles. The molecule has 0 aromatic rings. The summed E-state index contributed by atoms with van der Waals surface area (Å²) in [7, 11) is 0. The Morgan fingerprint density at radius 3 is 1.95 bits per heavy atom.